The zero-order valence-corrected chi connectivity index (χ0v) is 24.3. The maximum absolute atomic E-state index is 11.7. The Labute approximate surface area is 229 Å². The molecule has 0 saturated carbocycles. The molecule has 1 aliphatic carbocycles. The fraction of sp³-hybridized carbons (Fsp3) is 0.471. The van der Waals surface area contributed by atoms with Crippen LogP contribution in [0.15, 0.2) is 83.3 Å². The smallest absolute Gasteiger partial charge is 0.0925 e. The molecule has 2 aromatic rings. The van der Waals surface area contributed by atoms with E-state index in [2.05, 4.69) is 124 Å². The van der Waals surface area contributed by atoms with Gasteiger partial charge in [-0.2, -0.15) is 0 Å². The molecule has 4 heteroatoms. The summed E-state index contributed by atoms with van der Waals surface area (Å²) in [6, 6.07) is 17.5. The second-order valence-electron chi connectivity index (χ2n) is 12.0. The number of unbranched alkanes of at least 4 members (excludes halogenated alkanes) is 1. The van der Waals surface area contributed by atoms with Crippen LogP contribution >= 0.6 is 0 Å². The summed E-state index contributed by atoms with van der Waals surface area (Å²) in [5.41, 5.74) is 9.82. The maximum atomic E-state index is 11.7. The predicted octanol–water partition coefficient (Wildman–Crippen LogP) is 7.02. The summed E-state index contributed by atoms with van der Waals surface area (Å²) in [7, 11) is 0. The Morgan fingerprint density at radius 2 is 1.34 bits per heavy atom. The average Bonchev–Trinajstić information content (AvgIpc) is 3.27. The van der Waals surface area contributed by atoms with Crippen LogP contribution in [0.2, 0.25) is 0 Å². The Hall–Kier alpha value is -2.98. The molecule has 38 heavy (non-hydrogen) atoms. The fourth-order valence-corrected chi connectivity index (χ4v) is 6.80. The molecule has 0 saturated heterocycles. The van der Waals surface area contributed by atoms with Crippen LogP contribution in [0.3, 0.4) is 0 Å². The molecule has 2 aliphatic heterocycles. The Morgan fingerprint density at radius 3 is 1.89 bits per heavy atom. The molecular weight excluding hydrogens is 466 g/mol. The predicted molar refractivity (Wildman–Crippen MR) is 161 cm³/mol. The lowest BCUT2D eigenvalue weighted by Crippen LogP contribution is -2.43. The molecule has 0 amide bonds. The van der Waals surface area contributed by atoms with Gasteiger partial charge < -0.3 is 20.2 Å². The molecule has 0 bridgehead atoms. The molecular formula is C34H45N3O. The van der Waals surface area contributed by atoms with Crippen molar-refractivity contribution in [1.82, 2.24) is 5.32 Å². The minimum absolute atomic E-state index is 0.0432. The first-order chi connectivity index (χ1) is 18.2. The number of nitrogens with one attached hydrogen (secondary N) is 1. The van der Waals surface area contributed by atoms with Gasteiger partial charge in [0.05, 0.1) is 6.10 Å². The quantitative estimate of drug-likeness (QED) is 0.374. The van der Waals surface area contributed by atoms with E-state index in [9.17, 15) is 5.11 Å². The number of aliphatic hydroxyl groups excluding tert-OH is 1. The number of hydrogen-bond acceptors (Lipinski definition) is 4. The van der Waals surface area contributed by atoms with E-state index >= 15 is 0 Å². The minimum Gasteiger partial charge on any atom is -0.387 e. The Morgan fingerprint density at radius 1 is 0.816 bits per heavy atom. The van der Waals surface area contributed by atoms with Crippen LogP contribution in [0.5, 0.6) is 0 Å². The molecule has 2 unspecified atom stereocenters. The highest BCUT2D eigenvalue weighted by molar-refractivity contribution is 5.72. The van der Waals surface area contributed by atoms with Gasteiger partial charge in [-0.3, -0.25) is 0 Å². The number of likely N-dealkylation sites (N-methyl/N-ethyl adjacent to an activating group) is 2. The van der Waals surface area contributed by atoms with Gasteiger partial charge in [-0.15, -0.1) is 0 Å². The van der Waals surface area contributed by atoms with E-state index in [-0.39, 0.29) is 16.7 Å². The van der Waals surface area contributed by atoms with Gasteiger partial charge >= 0.3 is 0 Å². The average molecular weight is 512 g/mol. The molecule has 3 aliphatic rings. The number of rotatable bonds is 8. The topological polar surface area (TPSA) is 38.7 Å². The number of allylic oxidation sites excluding steroid dienone is 2. The van der Waals surface area contributed by atoms with Crippen LogP contribution < -0.4 is 15.1 Å². The first-order valence-corrected chi connectivity index (χ1v) is 14.5. The van der Waals surface area contributed by atoms with E-state index in [0.717, 1.165) is 38.0 Å². The summed E-state index contributed by atoms with van der Waals surface area (Å²) in [4.78, 5) is 4.84. The monoisotopic (exact) mass is 511 g/mol. The molecule has 2 heterocycles. The number of para-hydroxylation sites is 2. The molecule has 0 radical (unpaired) electrons. The first-order valence-electron chi connectivity index (χ1n) is 14.5. The normalized spacial score (nSPS) is 25.2. The molecule has 2 N–H and O–H groups in total. The zero-order chi connectivity index (χ0) is 27.2. The Kier molecular flexibility index (Phi) is 6.98. The number of benzene rings is 2. The van der Waals surface area contributed by atoms with E-state index in [1.807, 2.05) is 0 Å². The maximum Gasteiger partial charge on any atom is 0.0925 e. The number of nitrogens with zero attached hydrogens (tertiary/aromatic N) is 2. The SMILES string of the molecule is CCCCNC1=C(/C=C2/N(CC)c3ccccc3C2(C)C)C(O)C1/C=C1/N(CC)c2ccccc2C1(C)C. The van der Waals surface area contributed by atoms with Gasteiger partial charge in [0.15, 0.2) is 0 Å². The van der Waals surface area contributed by atoms with E-state index in [4.69, 9.17) is 0 Å². The molecule has 202 valence electrons. The lowest BCUT2D eigenvalue weighted by Gasteiger charge is -2.40. The molecule has 0 spiro atoms. The van der Waals surface area contributed by atoms with Crippen LogP contribution in [-0.4, -0.2) is 30.8 Å². The van der Waals surface area contributed by atoms with Gasteiger partial charge in [0.2, 0.25) is 0 Å². The van der Waals surface area contributed by atoms with Crippen LogP contribution in [0.25, 0.3) is 0 Å². The zero-order valence-electron chi connectivity index (χ0n) is 24.3. The van der Waals surface area contributed by atoms with Crippen molar-refractivity contribution in [2.45, 2.75) is 78.2 Å². The molecule has 4 nitrogen and oxygen atoms in total. The summed E-state index contributed by atoms with van der Waals surface area (Å²) in [6.45, 7) is 18.6. The summed E-state index contributed by atoms with van der Waals surface area (Å²) in [5.74, 6) is -0.0432. The second kappa shape index (κ2) is 9.96. The van der Waals surface area contributed by atoms with Gasteiger partial charge in [-0.05, 0) is 49.6 Å². The second-order valence-corrected chi connectivity index (χ2v) is 12.0. The van der Waals surface area contributed by atoms with E-state index in [1.54, 1.807) is 0 Å². The van der Waals surface area contributed by atoms with Crippen molar-refractivity contribution >= 4 is 11.4 Å². The fourth-order valence-electron chi connectivity index (χ4n) is 6.80. The van der Waals surface area contributed by atoms with Gasteiger partial charge in [-0.25, -0.2) is 0 Å². The van der Waals surface area contributed by atoms with Crippen molar-refractivity contribution in [2.75, 3.05) is 29.4 Å². The number of anilines is 2. The van der Waals surface area contributed by atoms with E-state index in [1.165, 1.54) is 39.6 Å². The minimum atomic E-state index is -0.532. The highest BCUT2D eigenvalue weighted by Crippen LogP contribution is 2.51. The lowest BCUT2D eigenvalue weighted by molar-refractivity contribution is 0.148. The summed E-state index contributed by atoms with van der Waals surface area (Å²) in [5, 5.41) is 15.4. The summed E-state index contributed by atoms with van der Waals surface area (Å²) >= 11 is 0. The van der Waals surface area contributed by atoms with Crippen LogP contribution in [-0.2, 0) is 10.8 Å². The highest BCUT2D eigenvalue weighted by atomic mass is 16.3. The molecule has 5 rings (SSSR count). The Bertz CT molecular complexity index is 1300. The highest BCUT2D eigenvalue weighted by Gasteiger charge is 2.45. The van der Waals surface area contributed by atoms with Crippen molar-refractivity contribution in [3.63, 3.8) is 0 Å². The lowest BCUT2D eigenvalue weighted by atomic mass is 9.74. The van der Waals surface area contributed by atoms with Gasteiger partial charge in [0, 0.05) is 70.4 Å². The van der Waals surface area contributed by atoms with E-state index in [0.29, 0.717) is 0 Å². The number of fused-ring (bicyclic) bond motifs is 2. The van der Waals surface area contributed by atoms with Crippen molar-refractivity contribution in [3.05, 3.63) is 94.5 Å². The third-order valence-corrected chi connectivity index (χ3v) is 9.01. The van der Waals surface area contributed by atoms with Crippen molar-refractivity contribution in [1.29, 1.82) is 0 Å². The third-order valence-electron chi connectivity index (χ3n) is 9.01. The standard InChI is InChI=1S/C34H45N3O/c1-8-11-20-35-31-23(21-29-33(4,5)25-16-12-14-18-27(25)36(29)9-2)32(38)24(31)22-30-34(6,7)26-17-13-15-19-28(26)37(30)10-3/h12-19,21-23,32,35,38H,8-11,20H2,1-7H3/b29-21+,30-22+. The Balaban J connectivity index is 1.58. The largest absolute Gasteiger partial charge is 0.387 e. The van der Waals surface area contributed by atoms with Gasteiger partial charge in [-0.1, -0.05) is 83.5 Å². The molecule has 0 aromatic heterocycles. The van der Waals surface area contributed by atoms with E-state index < -0.39 is 6.10 Å². The first kappa shape index (κ1) is 26.6. The summed E-state index contributed by atoms with van der Waals surface area (Å²) < 4.78 is 0. The molecule has 2 atom stereocenters. The molecule has 2 aromatic carbocycles. The van der Waals surface area contributed by atoms with Crippen molar-refractivity contribution in [3.8, 4) is 0 Å². The van der Waals surface area contributed by atoms with Crippen LogP contribution in [0.1, 0.15) is 72.4 Å². The number of aliphatic hydroxyl groups is 1. The van der Waals surface area contributed by atoms with Crippen molar-refractivity contribution in [2.24, 2.45) is 5.92 Å². The van der Waals surface area contributed by atoms with Gasteiger partial charge in [0.1, 0.15) is 0 Å². The van der Waals surface area contributed by atoms with Crippen LogP contribution in [0, 0.1) is 5.92 Å². The van der Waals surface area contributed by atoms with Gasteiger partial charge in [0.25, 0.3) is 0 Å². The number of hydrogen-bond donors (Lipinski definition) is 2. The molecule has 0 fully saturated rings. The summed E-state index contributed by atoms with van der Waals surface area (Å²) in [6.07, 6.45) is 6.35. The third kappa shape index (κ3) is 4.00. The van der Waals surface area contributed by atoms with Crippen LogP contribution in [0.4, 0.5) is 11.4 Å². The van der Waals surface area contributed by atoms with Crippen molar-refractivity contribution < 1.29 is 5.11 Å².